The molecule has 2 unspecified atom stereocenters. The van der Waals surface area contributed by atoms with Gasteiger partial charge in [0.2, 0.25) is 0 Å². The van der Waals surface area contributed by atoms with Crippen LogP contribution in [0.2, 0.25) is 0 Å². The highest BCUT2D eigenvalue weighted by molar-refractivity contribution is 5.28. The topological polar surface area (TPSA) is 21.3 Å². The molecule has 2 aliphatic carbocycles. The molecule has 2 nitrogen and oxygen atoms in total. The van der Waals surface area contributed by atoms with E-state index in [1.807, 2.05) is 0 Å². The molecule has 0 radical (unpaired) electrons. The van der Waals surface area contributed by atoms with Crippen molar-refractivity contribution in [2.75, 3.05) is 6.54 Å². The lowest BCUT2D eigenvalue weighted by Crippen LogP contribution is -2.65. The van der Waals surface area contributed by atoms with Gasteiger partial charge in [-0.25, -0.2) is 0 Å². The number of nitrogens with one attached hydrogen (secondary N) is 1. The first kappa shape index (κ1) is 13.9. The van der Waals surface area contributed by atoms with Crippen LogP contribution in [0.15, 0.2) is 24.3 Å². The summed E-state index contributed by atoms with van der Waals surface area (Å²) in [6.45, 7) is 5.42. The second-order valence-corrected chi connectivity index (χ2v) is 6.56. The van der Waals surface area contributed by atoms with E-state index in [1.54, 1.807) is 0 Å². The van der Waals surface area contributed by atoms with Gasteiger partial charge >= 0.3 is 0 Å². The molecule has 3 rings (SSSR count). The summed E-state index contributed by atoms with van der Waals surface area (Å²) in [5, 5.41) is 3.69. The molecule has 110 valence electrons. The molecule has 0 aromatic heterocycles. The highest BCUT2D eigenvalue weighted by Gasteiger charge is 2.56. The maximum Gasteiger partial charge on any atom is 0.120 e. The van der Waals surface area contributed by atoms with Gasteiger partial charge in [-0.2, -0.15) is 0 Å². The lowest BCUT2D eigenvalue weighted by molar-refractivity contribution is -0.102. The third-order valence-corrected chi connectivity index (χ3v) is 5.29. The number of rotatable bonds is 4. The van der Waals surface area contributed by atoms with Crippen LogP contribution in [0, 0.1) is 12.3 Å². The maximum absolute atomic E-state index is 6.36. The van der Waals surface area contributed by atoms with E-state index in [9.17, 15) is 0 Å². The molecule has 1 N–H and O–H groups in total. The summed E-state index contributed by atoms with van der Waals surface area (Å²) in [7, 11) is 0. The molecule has 0 saturated heterocycles. The highest BCUT2D eigenvalue weighted by Crippen LogP contribution is 2.53. The molecular weight excluding hydrogens is 246 g/mol. The Balaban J connectivity index is 1.73. The number of hydrogen-bond acceptors (Lipinski definition) is 2. The van der Waals surface area contributed by atoms with Crippen LogP contribution in [-0.2, 0) is 0 Å². The van der Waals surface area contributed by atoms with Crippen molar-refractivity contribution in [1.29, 1.82) is 0 Å². The van der Waals surface area contributed by atoms with Crippen molar-refractivity contribution in [2.45, 2.75) is 64.5 Å². The van der Waals surface area contributed by atoms with Crippen molar-refractivity contribution in [2.24, 2.45) is 5.41 Å². The van der Waals surface area contributed by atoms with Crippen molar-refractivity contribution >= 4 is 0 Å². The SMILES string of the molecule is CCNC1CC(Oc2cccc(C)c2)C12CCCCC2. The van der Waals surface area contributed by atoms with Gasteiger partial charge in [0.25, 0.3) is 0 Å². The van der Waals surface area contributed by atoms with Crippen molar-refractivity contribution in [3.05, 3.63) is 29.8 Å². The molecule has 2 aliphatic rings. The fraction of sp³-hybridized carbons (Fsp3) is 0.667. The van der Waals surface area contributed by atoms with Gasteiger partial charge in [-0.05, 0) is 44.0 Å². The molecule has 2 fully saturated rings. The Hall–Kier alpha value is -1.02. The van der Waals surface area contributed by atoms with Crippen LogP contribution in [0.3, 0.4) is 0 Å². The average molecular weight is 273 g/mol. The van der Waals surface area contributed by atoms with E-state index in [1.165, 1.54) is 44.1 Å². The lowest BCUT2D eigenvalue weighted by atomic mass is 9.55. The molecule has 1 spiro atoms. The molecule has 0 bridgehead atoms. The summed E-state index contributed by atoms with van der Waals surface area (Å²) < 4.78 is 6.36. The number of hydrogen-bond donors (Lipinski definition) is 1. The average Bonchev–Trinajstić information content (AvgIpc) is 2.47. The summed E-state index contributed by atoms with van der Waals surface area (Å²) in [5.74, 6) is 1.05. The molecule has 0 aliphatic heterocycles. The molecule has 0 heterocycles. The first-order valence-corrected chi connectivity index (χ1v) is 8.21. The minimum absolute atomic E-state index is 0.401. The predicted molar refractivity (Wildman–Crippen MR) is 83.2 cm³/mol. The molecule has 2 atom stereocenters. The van der Waals surface area contributed by atoms with E-state index < -0.39 is 0 Å². The molecule has 2 heteroatoms. The Morgan fingerprint density at radius 2 is 2.05 bits per heavy atom. The minimum Gasteiger partial charge on any atom is -0.490 e. The number of benzene rings is 1. The van der Waals surface area contributed by atoms with Gasteiger partial charge in [-0.15, -0.1) is 0 Å². The third-order valence-electron chi connectivity index (χ3n) is 5.29. The molecule has 2 saturated carbocycles. The standard InChI is InChI=1S/C18H27NO/c1-3-19-16-13-17(18(16)10-5-4-6-11-18)20-15-9-7-8-14(2)12-15/h7-9,12,16-17,19H,3-6,10-11,13H2,1-2H3. The van der Waals surface area contributed by atoms with Crippen molar-refractivity contribution < 1.29 is 4.74 Å². The van der Waals surface area contributed by atoms with Crippen molar-refractivity contribution in [3.63, 3.8) is 0 Å². The van der Waals surface area contributed by atoms with Gasteiger partial charge in [0.1, 0.15) is 11.9 Å². The van der Waals surface area contributed by atoms with Gasteiger partial charge in [0.05, 0.1) is 0 Å². The zero-order valence-electron chi connectivity index (χ0n) is 12.8. The number of ether oxygens (including phenoxy) is 1. The Labute approximate surface area is 122 Å². The zero-order chi connectivity index (χ0) is 14.0. The Morgan fingerprint density at radius 3 is 2.75 bits per heavy atom. The van der Waals surface area contributed by atoms with Crippen LogP contribution < -0.4 is 10.1 Å². The quantitative estimate of drug-likeness (QED) is 0.892. The van der Waals surface area contributed by atoms with E-state index >= 15 is 0 Å². The maximum atomic E-state index is 6.36. The van der Waals surface area contributed by atoms with Crippen LogP contribution in [-0.4, -0.2) is 18.7 Å². The van der Waals surface area contributed by atoms with Gasteiger partial charge in [0, 0.05) is 17.9 Å². The Morgan fingerprint density at radius 1 is 1.25 bits per heavy atom. The zero-order valence-corrected chi connectivity index (χ0v) is 12.8. The fourth-order valence-electron chi connectivity index (χ4n) is 4.18. The minimum atomic E-state index is 0.401. The fourth-order valence-corrected chi connectivity index (χ4v) is 4.18. The van der Waals surface area contributed by atoms with Crippen molar-refractivity contribution in [3.8, 4) is 5.75 Å². The Kier molecular flexibility index (Phi) is 4.02. The normalized spacial score (nSPS) is 28.1. The molecule has 1 aromatic carbocycles. The summed E-state index contributed by atoms with van der Waals surface area (Å²) in [6, 6.07) is 9.16. The van der Waals surface area contributed by atoms with Crippen LogP contribution in [0.4, 0.5) is 0 Å². The van der Waals surface area contributed by atoms with Gasteiger partial charge in [0.15, 0.2) is 0 Å². The largest absolute Gasteiger partial charge is 0.490 e. The monoisotopic (exact) mass is 273 g/mol. The second-order valence-electron chi connectivity index (χ2n) is 6.56. The van der Waals surface area contributed by atoms with E-state index in [-0.39, 0.29) is 0 Å². The van der Waals surface area contributed by atoms with Crippen LogP contribution in [0.1, 0.15) is 51.0 Å². The third kappa shape index (κ3) is 2.46. The highest BCUT2D eigenvalue weighted by atomic mass is 16.5. The van der Waals surface area contributed by atoms with Crippen LogP contribution in [0.5, 0.6) is 5.75 Å². The first-order valence-electron chi connectivity index (χ1n) is 8.21. The van der Waals surface area contributed by atoms with E-state index in [0.717, 1.165) is 12.3 Å². The smallest absolute Gasteiger partial charge is 0.120 e. The Bertz CT molecular complexity index is 450. The molecule has 1 aromatic rings. The van der Waals surface area contributed by atoms with E-state index in [2.05, 4.69) is 43.4 Å². The second kappa shape index (κ2) is 5.77. The summed E-state index contributed by atoms with van der Waals surface area (Å²) >= 11 is 0. The van der Waals surface area contributed by atoms with E-state index in [4.69, 9.17) is 4.74 Å². The summed E-state index contributed by atoms with van der Waals surface area (Å²) in [6.07, 6.45) is 8.39. The van der Waals surface area contributed by atoms with Crippen molar-refractivity contribution in [1.82, 2.24) is 5.32 Å². The number of aryl methyl sites for hydroxylation is 1. The predicted octanol–water partition coefficient (Wildman–Crippen LogP) is 4.07. The molecule has 20 heavy (non-hydrogen) atoms. The summed E-state index contributed by atoms with van der Waals surface area (Å²) in [5.41, 5.74) is 1.68. The van der Waals surface area contributed by atoms with Gasteiger partial charge in [-0.1, -0.05) is 38.3 Å². The molecular formula is C18H27NO. The van der Waals surface area contributed by atoms with Crippen LogP contribution >= 0.6 is 0 Å². The van der Waals surface area contributed by atoms with Crippen LogP contribution in [0.25, 0.3) is 0 Å². The van der Waals surface area contributed by atoms with Gasteiger partial charge in [-0.3, -0.25) is 0 Å². The molecule has 0 amide bonds. The van der Waals surface area contributed by atoms with E-state index in [0.29, 0.717) is 17.6 Å². The summed E-state index contributed by atoms with van der Waals surface area (Å²) in [4.78, 5) is 0. The first-order chi connectivity index (χ1) is 9.74. The lowest BCUT2D eigenvalue weighted by Gasteiger charge is -2.57. The van der Waals surface area contributed by atoms with Gasteiger partial charge < -0.3 is 10.1 Å².